The van der Waals surface area contributed by atoms with Crippen LogP contribution in [0, 0.1) is 11.3 Å². The fraction of sp³-hybridized carbons (Fsp3) is 0.633. The van der Waals surface area contributed by atoms with E-state index in [4.69, 9.17) is 28.9 Å². The molecule has 0 spiro atoms. The Hall–Kier alpha value is -2.87. The molecule has 1 aromatic carbocycles. The van der Waals surface area contributed by atoms with Crippen LogP contribution in [0.15, 0.2) is 30.3 Å². The Morgan fingerprint density at radius 2 is 1.88 bits per heavy atom. The number of nitrogens with one attached hydrogen (secondary N) is 2. The van der Waals surface area contributed by atoms with Crippen LogP contribution in [0.3, 0.4) is 0 Å². The Kier molecular flexibility index (Phi) is 7.53. The lowest BCUT2D eigenvalue weighted by Crippen LogP contribution is -2.69. The van der Waals surface area contributed by atoms with Crippen LogP contribution in [-0.2, 0) is 44.7 Å². The first-order chi connectivity index (χ1) is 20.5. The smallest absolute Gasteiger partial charge is 0.327 e. The molecule has 9 unspecified atom stereocenters. The van der Waals surface area contributed by atoms with Gasteiger partial charge in [0.05, 0.1) is 25.4 Å². The van der Waals surface area contributed by atoms with Crippen LogP contribution < -0.4 is 10.6 Å². The predicted octanol–water partition coefficient (Wildman–Crippen LogP) is 0.424. The van der Waals surface area contributed by atoms with E-state index in [1.54, 1.807) is 5.06 Å². The normalized spacial score (nSPS) is 38.1. The number of hydrogen-bond acceptors (Lipinski definition) is 10. The fourth-order valence-corrected chi connectivity index (χ4v) is 7.34. The van der Waals surface area contributed by atoms with Crippen molar-refractivity contribution in [3.05, 3.63) is 41.5 Å². The number of allylic oxidation sites excluding steroid dienone is 1. The van der Waals surface area contributed by atoms with Gasteiger partial charge in [0.2, 0.25) is 11.8 Å². The Labute approximate surface area is 243 Å². The topological polar surface area (TPSA) is 148 Å². The molecule has 6 aliphatic rings. The molecule has 2 bridgehead atoms. The molecule has 3 N–H and O–H groups in total. The number of amides is 2. The second-order valence-electron chi connectivity index (χ2n) is 12.1. The van der Waals surface area contributed by atoms with Gasteiger partial charge in [-0.25, -0.2) is 0 Å². The zero-order chi connectivity index (χ0) is 28.8. The van der Waals surface area contributed by atoms with Crippen molar-refractivity contribution in [3.63, 3.8) is 0 Å². The van der Waals surface area contributed by atoms with Gasteiger partial charge >= 0.3 is 5.97 Å². The van der Waals surface area contributed by atoms with Gasteiger partial charge in [0.15, 0.2) is 6.04 Å². The van der Waals surface area contributed by atoms with E-state index in [-0.39, 0.29) is 57.7 Å². The molecule has 2 aliphatic carbocycles. The van der Waals surface area contributed by atoms with Crippen LogP contribution in [0.4, 0.5) is 0 Å². The van der Waals surface area contributed by atoms with Crippen LogP contribution in [0.25, 0.3) is 6.08 Å². The quantitative estimate of drug-likeness (QED) is 0.262. The molecule has 7 rings (SSSR count). The van der Waals surface area contributed by atoms with Crippen LogP contribution in [0.2, 0.25) is 0 Å². The number of hydrogen-bond donors (Lipinski definition) is 3. The van der Waals surface area contributed by atoms with Crippen LogP contribution in [0.1, 0.15) is 43.2 Å². The molecule has 2 saturated carbocycles. The number of carbonyl (C=O) groups is 3. The number of aliphatic hydroxyl groups excluding tert-OH is 1. The summed E-state index contributed by atoms with van der Waals surface area (Å²) in [5, 5.41) is 15.9. The maximum atomic E-state index is 13.9. The number of ether oxygens (including phenoxy) is 4. The predicted molar refractivity (Wildman–Crippen MR) is 145 cm³/mol. The average molecular weight is 584 g/mol. The third kappa shape index (κ3) is 5.03. The number of carbonyl (C=O) groups excluding carboxylic acids is 3. The van der Waals surface area contributed by atoms with Gasteiger partial charge in [-0.3, -0.25) is 19.2 Å². The van der Waals surface area contributed by atoms with E-state index in [9.17, 15) is 14.4 Å². The summed E-state index contributed by atoms with van der Waals surface area (Å²) in [6, 6.07) is 7.10. The molecule has 0 radical (unpaired) electrons. The zero-order valence-corrected chi connectivity index (χ0v) is 23.3. The summed E-state index contributed by atoms with van der Waals surface area (Å²) >= 11 is 0. The molecule has 226 valence electrons. The molecular formula is C30H37N3O9. The Bertz CT molecular complexity index is 1240. The van der Waals surface area contributed by atoms with Crippen molar-refractivity contribution in [2.24, 2.45) is 11.3 Å². The summed E-state index contributed by atoms with van der Waals surface area (Å²) in [6.07, 6.45) is 6.53. The van der Waals surface area contributed by atoms with Crippen molar-refractivity contribution >= 4 is 23.9 Å². The van der Waals surface area contributed by atoms with Crippen molar-refractivity contribution in [1.29, 1.82) is 0 Å². The summed E-state index contributed by atoms with van der Waals surface area (Å²) < 4.78 is 23.1. The summed E-state index contributed by atoms with van der Waals surface area (Å²) in [5.74, 6) is -0.662. The van der Waals surface area contributed by atoms with Crippen molar-refractivity contribution in [3.8, 4) is 0 Å². The molecule has 0 aromatic heterocycles. The molecule has 4 aliphatic heterocycles. The third-order valence-corrected chi connectivity index (χ3v) is 9.49. The highest BCUT2D eigenvalue weighted by Crippen LogP contribution is 2.55. The van der Waals surface area contributed by atoms with Crippen LogP contribution >= 0.6 is 0 Å². The fourth-order valence-electron chi connectivity index (χ4n) is 7.34. The number of esters is 1. The molecule has 4 heterocycles. The lowest BCUT2D eigenvalue weighted by Gasteiger charge is -2.48. The zero-order valence-electron chi connectivity index (χ0n) is 23.3. The first kappa shape index (κ1) is 27.9. The molecule has 2 amide bonds. The molecule has 6 fully saturated rings. The van der Waals surface area contributed by atoms with Gasteiger partial charge in [-0.05, 0) is 36.3 Å². The van der Waals surface area contributed by atoms with E-state index >= 15 is 0 Å². The highest BCUT2D eigenvalue weighted by atomic mass is 16.8. The Balaban J connectivity index is 1.06. The minimum Gasteiger partial charge on any atom is -0.458 e. The standard InChI is InChI=1S/C30H37N3O9/c34-12-11-31-23(35)9-10-32-29(37)30-14-22-24-25(39-16-38-24)27(30)42-33(26(30)28(36)41-22)15-19-5-2-17(3-6-19)1-4-18-7-8-20-21(13-18)40-20/h1-6,18,20-22,24-27,34H,7-16H2,(H,31,35)(H,32,37). The maximum absolute atomic E-state index is 13.9. The van der Waals surface area contributed by atoms with Crippen molar-refractivity contribution < 1.29 is 43.3 Å². The van der Waals surface area contributed by atoms with E-state index in [0.717, 1.165) is 30.4 Å². The number of hydroxylamine groups is 2. The monoisotopic (exact) mass is 583 g/mol. The van der Waals surface area contributed by atoms with Gasteiger partial charge in [-0.15, -0.1) is 0 Å². The van der Waals surface area contributed by atoms with E-state index < -0.39 is 41.8 Å². The van der Waals surface area contributed by atoms with Crippen molar-refractivity contribution in [2.45, 2.75) is 81.3 Å². The number of rotatable bonds is 10. The van der Waals surface area contributed by atoms with E-state index in [0.29, 0.717) is 18.1 Å². The lowest BCUT2D eigenvalue weighted by atomic mass is 9.62. The molecule has 9 atom stereocenters. The lowest BCUT2D eigenvalue weighted by molar-refractivity contribution is -0.201. The second-order valence-corrected chi connectivity index (χ2v) is 12.1. The van der Waals surface area contributed by atoms with Gasteiger partial charge in [0, 0.05) is 25.9 Å². The number of benzene rings is 1. The molecule has 1 aromatic rings. The first-order valence-corrected chi connectivity index (χ1v) is 14.9. The molecule has 4 saturated heterocycles. The van der Waals surface area contributed by atoms with Gasteiger partial charge in [0.1, 0.15) is 36.6 Å². The highest BCUT2D eigenvalue weighted by Gasteiger charge is 2.74. The number of fused-ring (bicyclic) bond motifs is 5. The average Bonchev–Trinajstić information content (AvgIpc) is 3.42. The number of epoxide rings is 1. The van der Waals surface area contributed by atoms with Crippen molar-refractivity contribution in [1.82, 2.24) is 15.7 Å². The minimum atomic E-state index is -1.26. The van der Waals surface area contributed by atoms with Gasteiger partial charge in [-0.1, -0.05) is 36.4 Å². The van der Waals surface area contributed by atoms with Gasteiger partial charge < -0.3 is 34.7 Å². The number of nitrogens with zero attached hydrogens (tertiary/aromatic N) is 1. The van der Waals surface area contributed by atoms with Gasteiger partial charge in [0.25, 0.3) is 0 Å². The minimum absolute atomic E-state index is 0.0285. The van der Waals surface area contributed by atoms with Crippen LogP contribution in [-0.4, -0.2) is 97.1 Å². The van der Waals surface area contributed by atoms with E-state index in [1.807, 2.05) is 24.3 Å². The van der Waals surface area contributed by atoms with Crippen molar-refractivity contribution in [2.75, 3.05) is 26.5 Å². The Morgan fingerprint density at radius 3 is 2.69 bits per heavy atom. The van der Waals surface area contributed by atoms with E-state index in [2.05, 4.69) is 22.8 Å². The largest absolute Gasteiger partial charge is 0.458 e. The number of aliphatic hydroxyl groups is 1. The SMILES string of the molecule is O=C(CCNC(=O)C12CC3OC(=O)C1N(Cc1ccc(C=CC4CCC5OC5C4)cc1)OC2C1OCOC31)NCCO. The van der Waals surface area contributed by atoms with Crippen LogP contribution in [0.5, 0.6) is 0 Å². The second kappa shape index (κ2) is 11.3. The molecule has 12 heteroatoms. The maximum Gasteiger partial charge on any atom is 0.327 e. The highest BCUT2D eigenvalue weighted by molar-refractivity contribution is 5.93. The summed E-state index contributed by atoms with van der Waals surface area (Å²) in [6.45, 7) is 0.353. The molecule has 42 heavy (non-hydrogen) atoms. The third-order valence-electron chi connectivity index (χ3n) is 9.49. The Morgan fingerprint density at radius 1 is 1.05 bits per heavy atom. The first-order valence-electron chi connectivity index (χ1n) is 14.9. The molecule has 12 nitrogen and oxygen atoms in total. The molecular weight excluding hydrogens is 546 g/mol. The van der Waals surface area contributed by atoms with E-state index in [1.165, 1.54) is 0 Å². The summed E-state index contributed by atoms with van der Waals surface area (Å²) in [7, 11) is 0. The van der Waals surface area contributed by atoms with Gasteiger partial charge in [-0.2, -0.15) is 5.06 Å². The summed E-state index contributed by atoms with van der Waals surface area (Å²) in [4.78, 5) is 45.7. The summed E-state index contributed by atoms with van der Waals surface area (Å²) in [5.41, 5.74) is 0.749.